The largest absolute Gasteiger partial charge is 0.328 e. The summed E-state index contributed by atoms with van der Waals surface area (Å²) < 4.78 is 0. The van der Waals surface area contributed by atoms with E-state index in [0.29, 0.717) is 25.3 Å². The molecule has 2 aliphatic rings. The summed E-state index contributed by atoms with van der Waals surface area (Å²) >= 11 is 1.45. The molecule has 3 aromatic rings. The van der Waals surface area contributed by atoms with Crippen LogP contribution in [0.3, 0.4) is 0 Å². The quantitative estimate of drug-likeness (QED) is 0.681. The highest BCUT2D eigenvalue weighted by atomic mass is 32.1. The third-order valence-corrected chi connectivity index (χ3v) is 7.00. The molecule has 0 saturated carbocycles. The molecule has 5 heterocycles. The second-order valence-electron chi connectivity index (χ2n) is 8.18. The lowest BCUT2D eigenvalue weighted by Crippen LogP contribution is -2.41. The smallest absolute Gasteiger partial charge is 0.264 e. The SMILES string of the molecule is O=C(c1cccs1)N1CCCCC1c1nc2c(c(=O)[nH]1)CCN(Cc1ccncc1)C2. The first kappa shape index (κ1) is 20.1. The molecule has 1 saturated heterocycles. The van der Waals surface area contributed by atoms with E-state index in [9.17, 15) is 9.59 Å². The standard InChI is InChI=1S/C23H25N5O2S/c29-22-17-8-12-27(14-16-6-9-24-10-7-16)15-18(17)25-21(26-22)19-4-1-2-11-28(19)23(30)20-5-3-13-31-20/h3,5-7,9-10,13,19H,1-2,4,8,11-12,14-15H2,(H,25,26,29). The van der Waals surface area contributed by atoms with E-state index in [-0.39, 0.29) is 17.5 Å². The Morgan fingerprint density at radius 2 is 2.06 bits per heavy atom. The number of aromatic nitrogens is 3. The number of hydrogen-bond acceptors (Lipinski definition) is 6. The predicted octanol–water partition coefficient (Wildman–Crippen LogP) is 3.15. The number of pyridine rings is 1. The first-order chi connectivity index (χ1) is 15.2. The summed E-state index contributed by atoms with van der Waals surface area (Å²) in [7, 11) is 0. The van der Waals surface area contributed by atoms with Gasteiger partial charge in [-0.3, -0.25) is 19.5 Å². The Balaban J connectivity index is 1.41. The lowest BCUT2D eigenvalue weighted by Gasteiger charge is -2.35. The Morgan fingerprint density at radius 1 is 1.19 bits per heavy atom. The Hall–Kier alpha value is -2.84. The maximum Gasteiger partial charge on any atom is 0.264 e. The Bertz CT molecular complexity index is 1110. The molecule has 0 bridgehead atoms. The van der Waals surface area contributed by atoms with E-state index in [4.69, 9.17) is 4.98 Å². The number of rotatable bonds is 4. The topological polar surface area (TPSA) is 82.2 Å². The molecule has 7 nitrogen and oxygen atoms in total. The van der Waals surface area contributed by atoms with Crippen LogP contribution < -0.4 is 5.56 Å². The van der Waals surface area contributed by atoms with Crippen molar-refractivity contribution in [3.8, 4) is 0 Å². The van der Waals surface area contributed by atoms with Gasteiger partial charge in [0, 0.05) is 44.1 Å². The van der Waals surface area contributed by atoms with Gasteiger partial charge in [-0.25, -0.2) is 4.98 Å². The van der Waals surface area contributed by atoms with Gasteiger partial charge in [0.05, 0.1) is 16.6 Å². The van der Waals surface area contributed by atoms with E-state index in [1.807, 2.05) is 34.5 Å². The van der Waals surface area contributed by atoms with Gasteiger partial charge >= 0.3 is 0 Å². The van der Waals surface area contributed by atoms with Crippen molar-refractivity contribution < 1.29 is 4.79 Å². The Labute approximate surface area is 184 Å². The Kier molecular flexibility index (Phi) is 5.65. The third-order valence-electron chi connectivity index (χ3n) is 6.14. The van der Waals surface area contributed by atoms with Crippen LogP contribution in [0.25, 0.3) is 0 Å². The fourth-order valence-electron chi connectivity index (χ4n) is 4.55. The molecule has 0 aromatic carbocycles. The molecule has 8 heteroatoms. The molecule has 0 aliphatic carbocycles. The van der Waals surface area contributed by atoms with Crippen molar-refractivity contribution in [2.24, 2.45) is 0 Å². The summed E-state index contributed by atoms with van der Waals surface area (Å²) in [6, 6.07) is 7.60. The molecule has 31 heavy (non-hydrogen) atoms. The average molecular weight is 436 g/mol. The van der Waals surface area contributed by atoms with Crippen LogP contribution in [0, 0.1) is 0 Å². The zero-order valence-electron chi connectivity index (χ0n) is 17.3. The van der Waals surface area contributed by atoms with Gasteiger partial charge in [-0.2, -0.15) is 0 Å². The van der Waals surface area contributed by atoms with Crippen molar-refractivity contribution in [1.29, 1.82) is 0 Å². The summed E-state index contributed by atoms with van der Waals surface area (Å²) in [5, 5.41) is 1.92. The van der Waals surface area contributed by atoms with E-state index in [1.54, 1.807) is 12.4 Å². The molecular weight excluding hydrogens is 410 g/mol. The summed E-state index contributed by atoms with van der Waals surface area (Å²) in [6.07, 6.45) is 7.11. The van der Waals surface area contributed by atoms with Gasteiger partial charge < -0.3 is 9.88 Å². The predicted molar refractivity (Wildman–Crippen MR) is 119 cm³/mol. The first-order valence-electron chi connectivity index (χ1n) is 10.8. The number of nitrogens with zero attached hydrogens (tertiary/aromatic N) is 4. The van der Waals surface area contributed by atoms with Crippen molar-refractivity contribution >= 4 is 17.2 Å². The normalized spacial score (nSPS) is 19.2. The van der Waals surface area contributed by atoms with Crippen molar-refractivity contribution in [3.63, 3.8) is 0 Å². The number of thiophene rings is 1. The molecule has 3 aromatic heterocycles. The molecule has 1 N–H and O–H groups in total. The number of amides is 1. The second kappa shape index (κ2) is 8.72. The third kappa shape index (κ3) is 4.18. The summed E-state index contributed by atoms with van der Waals surface area (Å²) in [6.45, 7) is 2.96. The van der Waals surface area contributed by atoms with Crippen LogP contribution in [-0.4, -0.2) is 43.7 Å². The number of carbonyl (C=O) groups is 1. The molecule has 1 fully saturated rings. The number of piperidine rings is 1. The zero-order valence-corrected chi connectivity index (χ0v) is 18.1. The van der Waals surface area contributed by atoms with Gasteiger partial charge in [0.2, 0.25) is 0 Å². The molecule has 2 aliphatic heterocycles. The number of nitrogens with one attached hydrogen (secondary N) is 1. The van der Waals surface area contributed by atoms with E-state index in [2.05, 4.69) is 14.9 Å². The fourth-order valence-corrected chi connectivity index (χ4v) is 5.23. The maximum absolute atomic E-state index is 13.1. The summed E-state index contributed by atoms with van der Waals surface area (Å²) in [4.78, 5) is 42.9. The van der Waals surface area contributed by atoms with Crippen LogP contribution in [0.15, 0.2) is 46.8 Å². The van der Waals surface area contributed by atoms with E-state index in [1.165, 1.54) is 16.9 Å². The molecule has 1 unspecified atom stereocenters. The molecule has 0 spiro atoms. The zero-order chi connectivity index (χ0) is 21.2. The monoisotopic (exact) mass is 435 g/mol. The summed E-state index contributed by atoms with van der Waals surface area (Å²) in [5.41, 5.74) is 2.76. The molecular formula is C23H25N5O2S. The van der Waals surface area contributed by atoms with Crippen LogP contribution in [-0.2, 0) is 19.5 Å². The molecule has 1 atom stereocenters. The molecule has 1 amide bonds. The highest BCUT2D eigenvalue weighted by molar-refractivity contribution is 7.12. The highest BCUT2D eigenvalue weighted by Crippen LogP contribution is 2.31. The van der Waals surface area contributed by atoms with Gasteiger partial charge in [-0.15, -0.1) is 11.3 Å². The van der Waals surface area contributed by atoms with Crippen molar-refractivity contribution in [2.75, 3.05) is 13.1 Å². The average Bonchev–Trinajstić information content (AvgIpc) is 3.34. The van der Waals surface area contributed by atoms with Gasteiger partial charge in [0.25, 0.3) is 11.5 Å². The van der Waals surface area contributed by atoms with Gasteiger partial charge in [-0.1, -0.05) is 6.07 Å². The molecule has 5 rings (SSSR count). The maximum atomic E-state index is 13.1. The van der Waals surface area contributed by atoms with E-state index >= 15 is 0 Å². The summed E-state index contributed by atoms with van der Waals surface area (Å²) in [5.74, 6) is 0.651. The van der Waals surface area contributed by atoms with Crippen LogP contribution in [0.5, 0.6) is 0 Å². The number of hydrogen-bond donors (Lipinski definition) is 1. The number of H-pyrrole nitrogens is 1. The fraction of sp³-hybridized carbons (Fsp3) is 0.391. The van der Waals surface area contributed by atoms with Crippen molar-refractivity contribution in [1.82, 2.24) is 24.8 Å². The lowest BCUT2D eigenvalue weighted by atomic mass is 10.00. The van der Waals surface area contributed by atoms with Crippen molar-refractivity contribution in [3.05, 3.63) is 79.9 Å². The van der Waals surface area contributed by atoms with E-state index < -0.39 is 0 Å². The van der Waals surface area contributed by atoms with E-state index in [0.717, 1.165) is 48.5 Å². The second-order valence-corrected chi connectivity index (χ2v) is 9.13. The van der Waals surface area contributed by atoms with Gasteiger partial charge in [-0.05, 0) is 54.8 Å². The van der Waals surface area contributed by atoms with Gasteiger partial charge in [0.1, 0.15) is 5.82 Å². The minimum absolute atomic E-state index is 0.0272. The Morgan fingerprint density at radius 3 is 2.87 bits per heavy atom. The number of fused-ring (bicyclic) bond motifs is 1. The minimum atomic E-state index is -0.183. The van der Waals surface area contributed by atoms with Crippen LogP contribution in [0.1, 0.15) is 57.6 Å². The molecule has 160 valence electrons. The van der Waals surface area contributed by atoms with Crippen LogP contribution in [0.2, 0.25) is 0 Å². The van der Waals surface area contributed by atoms with Crippen LogP contribution >= 0.6 is 11.3 Å². The highest BCUT2D eigenvalue weighted by Gasteiger charge is 2.32. The van der Waals surface area contributed by atoms with Crippen molar-refractivity contribution in [2.45, 2.75) is 44.8 Å². The minimum Gasteiger partial charge on any atom is -0.328 e. The molecule has 0 radical (unpaired) electrons. The van der Waals surface area contributed by atoms with Gasteiger partial charge in [0.15, 0.2) is 0 Å². The number of carbonyl (C=O) groups excluding carboxylic acids is 1. The number of likely N-dealkylation sites (tertiary alicyclic amines) is 1. The first-order valence-corrected chi connectivity index (χ1v) is 11.6. The lowest BCUT2D eigenvalue weighted by molar-refractivity contribution is 0.0603. The van der Waals surface area contributed by atoms with Crippen LogP contribution in [0.4, 0.5) is 0 Å². The number of aromatic amines is 1.